The van der Waals surface area contributed by atoms with Crippen molar-refractivity contribution < 1.29 is 4.74 Å². The molecule has 0 bridgehead atoms. The molecule has 2 nitrogen and oxygen atoms in total. The predicted molar refractivity (Wildman–Crippen MR) is 75.0 cm³/mol. The van der Waals surface area contributed by atoms with Crippen LogP contribution in [0.1, 0.15) is 32.3 Å². The van der Waals surface area contributed by atoms with Gasteiger partial charge in [0.15, 0.2) is 0 Å². The minimum atomic E-state index is 0.219. The van der Waals surface area contributed by atoms with Gasteiger partial charge in [0.2, 0.25) is 0 Å². The lowest BCUT2D eigenvalue weighted by Crippen LogP contribution is -2.12. The van der Waals surface area contributed by atoms with Crippen LogP contribution in [-0.4, -0.2) is 11.1 Å². The zero-order chi connectivity index (χ0) is 12.1. The third kappa shape index (κ3) is 3.76. The number of ether oxygens (including phenoxy) is 1. The molecule has 0 aromatic heterocycles. The van der Waals surface area contributed by atoms with Crippen molar-refractivity contribution >= 4 is 33.1 Å². The van der Waals surface area contributed by atoms with E-state index in [4.69, 9.17) is 22.7 Å². The molecule has 4 heteroatoms. The van der Waals surface area contributed by atoms with Gasteiger partial charge in [0, 0.05) is 5.56 Å². The molecule has 0 amide bonds. The topological polar surface area (TPSA) is 35.2 Å². The van der Waals surface area contributed by atoms with E-state index < -0.39 is 0 Å². The zero-order valence-corrected chi connectivity index (χ0v) is 11.9. The largest absolute Gasteiger partial charge is 0.490 e. The quantitative estimate of drug-likeness (QED) is 0.843. The van der Waals surface area contributed by atoms with Gasteiger partial charge in [-0.15, -0.1) is 0 Å². The van der Waals surface area contributed by atoms with Crippen LogP contribution in [0.4, 0.5) is 0 Å². The summed E-state index contributed by atoms with van der Waals surface area (Å²) < 4.78 is 6.68. The first-order valence-electron chi connectivity index (χ1n) is 5.30. The summed E-state index contributed by atoms with van der Waals surface area (Å²) in [4.78, 5) is 0.397. The Morgan fingerprint density at radius 3 is 2.75 bits per heavy atom. The molecular formula is C12H16BrNOS. The molecule has 88 valence electrons. The molecule has 16 heavy (non-hydrogen) atoms. The summed E-state index contributed by atoms with van der Waals surface area (Å²) in [6.45, 7) is 4.21. The smallest absolute Gasteiger partial charge is 0.133 e. The first-order valence-corrected chi connectivity index (χ1v) is 6.50. The first-order chi connectivity index (χ1) is 7.54. The summed E-state index contributed by atoms with van der Waals surface area (Å²) in [5.74, 6) is 0.834. The van der Waals surface area contributed by atoms with E-state index in [9.17, 15) is 0 Å². The Balaban J connectivity index is 2.79. The number of nitrogens with two attached hydrogens (primary N) is 1. The molecule has 1 atom stereocenters. The molecule has 0 aliphatic carbocycles. The highest BCUT2D eigenvalue weighted by Crippen LogP contribution is 2.27. The maximum Gasteiger partial charge on any atom is 0.133 e. The Morgan fingerprint density at radius 2 is 2.25 bits per heavy atom. The Kier molecular flexibility index (Phi) is 5.22. The van der Waals surface area contributed by atoms with Crippen molar-refractivity contribution in [2.75, 3.05) is 0 Å². The number of hydrogen-bond acceptors (Lipinski definition) is 2. The molecular weight excluding hydrogens is 286 g/mol. The summed E-state index contributed by atoms with van der Waals surface area (Å²) in [6, 6.07) is 5.65. The minimum absolute atomic E-state index is 0.219. The van der Waals surface area contributed by atoms with Gasteiger partial charge in [-0.25, -0.2) is 0 Å². The van der Waals surface area contributed by atoms with Gasteiger partial charge in [-0.3, -0.25) is 0 Å². The lowest BCUT2D eigenvalue weighted by Gasteiger charge is -2.15. The lowest BCUT2D eigenvalue weighted by molar-refractivity contribution is 0.208. The highest BCUT2D eigenvalue weighted by molar-refractivity contribution is 9.10. The van der Waals surface area contributed by atoms with Crippen molar-refractivity contribution in [1.82, 2.24) is 0 Å². The Bertz CT molecular complexity index is 381. The normalized spacial score (nSPS) is 12.2. The molecule has 0 spiro atoms. The summed E-state index contributed by atoms with van der Waals surface area (Å²) in [5.41, 5.74) is 6.40. The van der Waals surface area contributed by atoms with Crippen molar-refractivity contribution in [3.8, 4) is 5.75 Å². The van der Waals surface area contributed by atoms with Crippen LogP contribution in [0.25, 0.3) is 0 Å². The number of rotatable bonds is 5. The summed E-state index contributed by atoms with van der Waals surface area (Å²) in [7, 11) is 0. The second kappa shape index (κ2) is 6.21. The molecule has 1 rings (SSSR count). The molecule has 0 aliphatic heterocycles. The second-order valence-corrected chi connectivity index (χ2v) is 5.02. The molecule has 0 radical (unpaired) electrons. The average Bonchev–Trinajstić information content (AvgIpc) is 2.21. The zero-order valence-electron chi connectivity index (χ0n) is 9.50. The van der Waals surface area contributed by atoms with E-state index in [1.807, 2.05) is 18.2 Å². The van der Waals surface area contributed by atoms with Gasteiger partial charge in [0.25, 0.3) is 0 Å². The van der Waals surface area contributed by atoms with Crippen molar-refractivity contribution in [1.29, 1.82) is 0 Å². The molecule has 0 saturated carbocycles. The Morgan fingerprint density at radius 1 is 1.56 bits per heavy atom. The van der Waals surface area contributed by atoms with Crippen LogP contribution >= 0.6 is 28.1 Å². The molecule has 0 aliphatic rings. The number of thiocarbonyl (C=S) groups is 1. The van der Waals surface area contributed by atoms with Crippen molar-refractivity contribution in [2.24, 2.45) is 5.73 Å². The highest BCUT2D eigenvalue weighted by Gasteiger charge is 2.07. The fraction of sp³-hybridized carbons (Fsp3) is 0.417. The van der Waals surface area contributed by atoms with Crippen molar-refractivity contribution in [2.45, 2.75) is 32.8 Å². The van der Waals surface area contributed by atoms with Crippen LogP contribution in [0.15, 0.2) is 22.7 Å². The maximum absolute atomic E-state index is 5.79. The minimum Gasteiger partial charge on any atom is -0.490 e. The van der Waals surface area contributed by atoms with E-state index in [1.165, 1.54) is 0 Å². The first kappa shape index (κ1) is 13.5. The third-order valence-corrected chi connectivity index (χ3v) is 3.10. The molecule has 1 unspecified atom stereocenters. The summed E-state index contributed by atoms with van der Waals surface area (Å²) >= 11 is 8.37. The maximum atomic E-state index is 5.79. The molecule has 1 aromatic carbocycles. The lowest BCUT2D eigenvalue weighted by atomic mass is 10.2. The van der Waals surface area contributed by atoms with Gasteiger partial charge in [0.05, 0.1) is 10.6 Å². The van der Waals surface area contributed by atoms with Crippen LogP contribution in [0.2, 0.25) is 0 Å². The van der Waals surface area contributed by atoms with E-state index in [2.05, 4.69) is 29.8 Å². The second-order valence-electron chi connectivity index (χ2n) is 3.73. The molecule has 0 fully saturated rings. The van der Waals surface area contributed by atoms with Crippen LogP contribution in [0.3, 0.4) is 0 Å². The fourth-order valence-corrected chi connectivity index (χ4v) is 2.03. The van der Waals surface area contributed by atoms with Crippen molar-refractivity contribution in [3.63, 3.8) is 0 Å². The van der Waals surface area contributed by atoms with E-state index in [0.29, 0.717) is 4.99 Å². The van der Waals surface area contributed by atoms with E-state index in [-0.39, 0.29) is 6.10 Å². The molecule has 2 N–H and O–H groups in total. The van der Waals surface area contributed by atoms with Crippen LogP contribution in [-0.2, 0) is 0 Å². The average molecular weight is 302 g/mol. The van der Waals surface area contributed by atoms with Crippen LogP contribution in [0, 0.1) is 0 Å². The molecule has 0 heterocycles. The van der Waals surface area contributed by atoms with E-state index >= 15 is 0 Å². The summed E-state index contributed by atoms with van der Waals surface area (Å²) in [5, 5.41) is 0. The van der Waals surface area contributed by atoms with E-state index in [0.717, 1.165) is 28.6 Å². The number of halogens is 1. The number of hydrogen-bond donors (Lipinski definition) is 1. The van der Waals surface area contributed by atoms with Gasteiger partial charge in [-0.1, -0.05) is 25.6 Å². The standard InChI is InChI=1S/C12H16BrNOS/c1-3-4-8(2)15-11-6-5-9(12(14)16)7-10(11)13/h5-8H,3-4H2,1-2H3,(H2,14,16). The summed E-state index contributed by atoms with van der Waals surface area (Å²) in [6.07, 6.45) is 2.38. The monoisotopic (exact) mass is 301 g/mol. The van der Waals surface area contributed by atoms with Gasteiger partial charge in [-0.2, -0.15) is 0 Å². The van der Waals surface area contributed by atoms with Gasteiger partial charge < -0.3 is 10.5 Å². The predicted octanol–water partition coefficient (Wildman–Crippen LogP) is 3.65. The number of benzene rings is 1. The van der Waals surface area contributed by atoms with Crippen LogP contribution < -0.4 is 10.5 Å². The third-order valence-electron chi connectivity index (χ3n) is 2.24. The van der Waals surface area contributed by atoms with E-state index in [1.54, 1.807) is 0 Å². The van der Waals surface area contributed by atoms with Gasteiger partial charge in [-0.05, 0) is 47.5 Å². The van der Waals surface area contributed by atoms with Crippen LogP contribution in [0.5, 0.6) is 5.75 Å². The molecule has 1 aromatic rings. The Hall–Kier alpha value is -0.610. The van der Waals surface area contributed by atoms with Gasteiger partial charge in [0.1, 0.15) is 10.7 Å². The fourth-order valence-electron chi connectivity index (χ4n) is 1.43. The Labute approximate surface area is 110 Å². The molecule has 0 saturated heterocycles. The SMILES string of the molecule is CCCC(C)Oc1ccc(C(N)=S)cc1Br. The van der Waals surface area contributed by atoms with Crippen molar-refractivity contribution in [3.05, 3.63) is 28.2 Å². The van der Waals surface area contributed by atoms with Gasteiger partial charge >= 0.3 is 0 Å². The highest BCUT2D eigenvalue weighted by atomic mass is 79.9.